The minimum atomic E-state index is -0.738. The number of carbonyl (C=O) groups excluding carboxylic acids is 2. The zero-order chi connectivity index (χ0) is 21.0. The number of rotatable bonds is 6. The van der Waals surface area contributed by atoms with Crippen LogP contribution in [-0.4, -0.2) is 22.6 Å². The van der Waals surface area contributed by atoms with Crippen molar-refractivity contribution < 1.29 is 22.8 Å². The molecule has 3 aromatic rings. The number of thioether (sulfide) groups is 1. The molecule has 0 spiro atoms. The lowest BCUT2D eigenvalue weighted by Crippen LogP contribution is -2.13. The topological polar surface area (TPSA) is 71.1 Å². The number of aromatic nitrogens is 1. The van der Waals surface area contributed by atoms with Gasteiger partial charge in [0.1, 0.15) is 17.5 Å². The van der Waals surface area contributed by atoms with Crippen molar-refractivity contribution in [3.05, 3.63) is 59.2 Å². The fourth-order valence-corrected chi connectivity index (χ4v) is 3.80. The lowest BCUT2D eigenvalue weighted by molar-refractivity contribution is -0.114. The molecule has 0 aliphatic heterocycles. The van der Waals surface area contributed by atoms with Crippen LogP contribution in [0.2, 0.25) is 0 Å². The molecule has 0 radical (unpaired) electrons. The molecule has 0 unspecified atom stereocenters. The number of anilines is 2. The number of amides is 2. The second-order valence-corrected chi connectivity index (χ2v) is 7.70. The van der Waals surface area contributed by atoms with E-state index in [1.165, 1.54) is 25.1 Å². The van der Waals surface area contributed by atoms with E-state index in [0.717, 1.165) is 35.2 Å². The Morgan fingerprint density at radius 2 is 1.86 bits per heavy atom. The summed E-state index contributed by atoms with van der Waals surface area (Å²) in [6.45, 7) is 1.32. The second-order valence-electron chi connectivity index (χ2n) is 5.83. The van der Waals surface area contributed by atoms with Gasteiger partial charge in [0.25, 0.3) is 0 Å². The Balaban J connectivity index is 1.62. The van der Waals surface area contributed by atoms with E-state index in [2.05, 4.69) is 15.6 Å². The predicted octanol–water partition coefficient (Wildman–Crippen LogP) is 4.92. The monoisotopic (exact) mass is 437 g/mol. The third-order valence-electron chi connectivity index (χ3n) is 3.57. The average molecular weight is 437 g/mol. The van der Waals surface area contributed by atoms with Crippen LogP contribution in [0, 0.1) is 17.5 Å². The maximum Gasteiger partial charge on any atom is 0.236 e. The Bertz CT molecular complexity index is 1070. The molecule has 0 fully saturated rings. The maximum atomic E-state index is 14.3. The smallest absolute Gasteiger partial charge is 0.236 e. The number of nitrogens with zero attached hydrogens (tertiary/aromatic N) is 1. The van der Waals surface area contributed by atoms with Crippen molar-refractivity contribution >= 4 is 45.7 Å². The van der Waals surface area contributed by atoms with E-state index in [1.54, 1.807) is 11.4 Å². The first-order valence-electron chi connectivity index (χ1n) is 8.22. The van der Waals surface area contributed by atoms with Crippen molar-refractivity contribution in [1.82, 2.24) is 4.98 Å². The second kappa shape index (κ2) is 9.10. The molecule has 5 nitrogen and oxygen atoms in total. The van der Waals surface area contributed by atoms with Gasteiger partial charge in [-0.3, -0.25) is 9.59 Å². The molecule has 0 aliphatic carbocycles. The number of hydrogen-bond acceptors (Lipinski definition) is 5. The minimum Gasteiger partial charge on any atom is -0.326 e. The van der Waals surface area contributed by atoms with Crippen LogP contribution in [0.3, 0.4) is 0 Å². The Morgan fingerprint density at radius 1 is 1.07 bits per heavy atom. The molecular weight excluding hydrogens is 423 g/mol. The first-order chi connectivity index (χ1) is 13.8. The van der Waals surface area contributed by atoms with Crippen LogP contribution in [-0.2, 0) is 9.59 Å². The molecule has 0 bridgehead atoms. The number of carbonyl (C=O) groups is 2. The van der Waals surface area contributed by atoms with E-state index in [0.29, 0.717) is 11.4 Å². The van der Waals surface area contributed by atoms with E-state index in [9.17, 15) is 22.8 Å². The average Bonchev–Trinajstić information content (AvgIpc) is 3.08. The molecule has 2 N–H and O–H groups in total. The molecule has 10 heteroatoms. The Morgan fingerprint density at radius 3 is 2.55 bits per heavy atom. The van der Waals surface area contributed by atoms with E-state index < -0.39 is 23.4 Å². The SMILES string of the molecule is CC(=O)Nc1ccc(-c2csc(NC(=O)CSc3ccc(F)cc3F)n2)c(F)c1. The van der Waals surface area contributed by atoms with Gasteiger partial charge < -0.3 is 10.6 Å². The highest BCUT2D eigenvalue weighted by Gasteiger charge is 2.13. The predicted molar refractivity (Wildman–Crippen MR) is 108 cm³/mol. The van der Waals surface area contributed by atoms with Crippen molar-refractivity contribution in [2.45, 2.75) is 11.8 Å². The molecule has 29 heavy (non-hydrogen) atoms. The van der Waals surface area contributed by atoms with Gasteiger partial charge in [-0.05, 0) is 30.3 Å². The van der Waals surface area contributed by atoms with Crippen molar-refractivity contribution in [2.75, 3.05) is 16.4 Å². The molecule has 0 atom stereocenters. The third-order valence-corrected chi connectivity index (χ3v) is 5.37. The number of halogens is 3. The summed E-state index contributed by atoms with van der Waals surface area (Å²) in [5.74, 6) is -2.84. The molecule has 2 aromatic carbocycles. The van der Waals surface area contributed by atoms with E-state index in [-0.39, 0.29) is 27.3 Å². The van der Waals surface area contributed by atoms with Gasteiger partial charge in [0.2, 0.25) is 11.8 Å². The molecule has 0 aliphatic rings. The minimum absolute atomic E-state index is 0.1000. The Kier molecular flexibility index (Phi) is 6.55. The molecule has 0 saturated heterocycles. The van der Waals surface area contributed by atoms with E-state index in [4.69, 9.17) is 0 Å². The van der Waals surface area contributed by atoms with Gasteiger partial charge in [-0.2, -0.15) is 0 Å². The molecule has 1 aromatic heterocycles. The van der Waals surface area contributed by atoms with Crippen molar-refractivity contribution in [2.24, 2.45) is 0 Å². The van der Waals surface area contributed by atoms with Crippen LogP contribution in [0.25, 0.3) is 11.3 Å². The summed E-state index contributed by atoms with van der Waals surface area (Å²) in [7, 11) is 0. The van der Waals surface area contributed by atoms with Crippen LogP contribution in [0.15, 0.2) is 46.7 Å². The summed E-state index contributed by atoms with van der Waals surface area (Å²) in [6.07, 6.45) is 0. The van der Waals surface area contributed by atoms with Gasteiger partial charge >= 0.3 is 0 Å². The molecule has 1 heterocycles. The number of thiazole rings is 1. The first kappa shape index (κ1) is 20.9. The zero-order valence-corrected chi connectivity index (χ0v) is 16.6. The van der Waals surface area contributed by atoms with E-state index >= 15 is 0 Å². The van der Waals surface area contributed by atoms with Gasteiger partial charge in [0.15, 0.2) is 5.13 Å². The number of hydrogen-bond donors (Lipinski definition) is 2. The normalized spacial score (nSPS) is 10.6. The quantitative estimate of drug-likeness (QED) is 0.537. The summed E-state index contributed by atoms with van der Waals surface area (Å²) in [5, 5.41) is 6.89. The van der Waals surface area contributed by atoms with Gasteiger partial charge in [-0.15, -0.1) is 23.1 Å². The standard InChI is InChI=1S/C19H14F3N3O2S2/c1-10(26)23-12-3-4-13(14(21)7-12)16-8-29-19(24-16)25-18(27)9-28-17-5-2-11(20)6-15(17)22/h2-8H,9H2,1H3,(H,23,26)(H,24,25,27). The highest BCUT2D eigenvalue weighted by atomic mass is 32.2. The van der Waals surface area contributed by atoms with Crippen molar-refractivity contribution in [3.63, 3.8) is 0 Å². The lowest BCUT2D eigenvalue weighted by atomic mass is 10.1. The lowest BCUT2D eigenvalue weighted by Gasteiger charge is -2.05. The van der Waals surface area contributed by atoms with Gasteiger partial charge in [-0.1, -0.05) is 0 Å². The molecule has 150 valence electrons. The largest absolute Gasteiger partial charge is 0.326 e. The molecule has 2 amide bonds. The molecule has 0 saturated carbocycles. The highest BCUT2D eigenvalue weighted by molar-refractivity contribution is 8.00. The summed E-state index contributed by atoms with van der Waals surface area (Å²) < 4.78 is 40.8. The van der Waals surface area contributed by atoms with Crippen LogP contribution >= 0.6 is 23.1 Å². The van der Waals surface area contributed by atoms with Gasteiger partial charge in [0.05, 0.1) is 11.4 Å². The van der Waals surface area contributed by atoms with Gasteiger partial charge in [0, 0.05) is 34.5 Å². The fourth-order valence-electron chi connectivity index (χ4n) is 2.35. The number of nitrogens with one attached hydrogen (secondary N) is 2. The van der Waals surface area contributed by atoms with Crippen LogP contribution < -0.4 is 10.6 Å². The first-order valence-corrected chi connectivity index (χ1v) is 10.1. The van der Waals surface area contributed by atoms with Crippen LogP contribution in [0.1, 0.15) is 6.92 Å². The third kappa shape index (κ3) is 5.58. The summed E-state index contributed by atoms with van der Waals surface area (Å²) in [4.78, 5) is 27.4. The maximum absolute atomic E-state index is 14.3. The summed E-state index contributed by atoms with van der Waals surface area (Å²) >= 11 is 2.03. The molecule has 3 rings (SSSR count). The molecular formula is C19H14F3N3O2S2. The van der Waals surface area contributed by atoms with Crippen molar-refractivity contribution in [3.8, 4) is 11.3 Å². The van der Waals surface area contributed by atoms with Gasteiger partial charge in [-0.25, -0.2) is 18.2 Å². The number of benzene rings is 2. The van der Waals surface area contributed by atoms with Crippen LogP contribution in [0.5, 0.6) is 0 Å². The van der Waals surface area contributed by atoms with E-state index in [1.807, 2.05) is 0 Å². The van der Waals surface area contributed by atoms with Crippen LogP contribution in [0.4, 0.5) is 24.0 Å². The Labute approximate surface area is 172 Å². The Hall–Kier alpha value is -2.85. The summed E-state index contributed by atoms with van der Waals surface area (Å²) in [5.41, 5.74) is 0.876. The zero-order valence-electron chi connectivity index (χ0n) is 15.0. The van der Waals surface area contributed by atoms with Crippen molar-refractivity contribution in [1.29, 1.82) is 0 Å². The summed E-state index contributed by atoms with van der Waals surface area (Å²) in [6, 6.07) is 7.33. The highest BCUT2D eigenvalue weighted by Crippen LogP contribution is 2.29. The fraction of sp³-hybridized carbons (Fsp3) is 0.105.